The van der Waals surface area contributed by atoms with Crippen LogP contribution >= 0.6 is 46.6 Å². The summed E-state index contributed by atoms with van der Waals surface area (Å²) in [6.45, 7) is -0.655. The molecule has 25 heavy (non-hydrogen) atoms. The molecule has 0 spiro atoms. The van der Waals surface area contributed by atoms with Gasteiger partial charge in [-0.2, -0.15) is 24.9 Å². The van der Waals surface area contributed by atoms with Gasteiger partial charge >= 0.3 is 18.1 Å². The number of hydrogen-bond donors (Lipinski definition) is 1. The first kappa shape index (κ1) is 22.2. The number of thioether (sulfide) groups is 1. The summed E-state index contributed by atoms with van der Waals surface area (Å²) in [5.41, 5.74) is 0.906. The van der Waals surface area contributed by atoms with Gasteiger partial charge in [0.25, 0.3) is 0 Å². The van der Waals surface area contributed by atoms with E-state index in [0.717, 1.165) is 17.3 Å². The predicted molar refractivity (Wildman–Crippen MR) is 91.8 cm³/mol. The molecule has 0 radical (unpaired) electrons. The number of esters is 1. The monoisotopic (exact) mass is 437 g/mol. The van der Waals surface area contributed by atoms with Crippen LogP contribution in [0.2, 0.25) is 0 Å². The zero-order valence-corrected chi connectivity index (χ0v) is 15.6. The molecule has 0 bridgehead atoms. The summed E-state index contributed by atoms with van der Waals surface area (Å²) in [5.74, 6) is -3.08. The Bertz CT molecular complexity index is 582. The lowest BCUT2D eigenvalue weighted by atomic mass is 10.2. The first-order valence-corrected chi connectivity index (χ1v) is 9.00. The van der Waals surface area contributed by atoms with Crippen LogP contribution in [0.5, 0.6) is 0 Å². The van der Waals surface area contributed by atoms with Gasteiger partial charge in [0.2, 0.25) is 3.79 Å². The van der Waals surface area contributed by atoms with Gasteiger partial charge < -0.3 is 10.1 Å². The second kappa shape index (κ2) is 9.75. The highest BCUT2D eigenvalue weighted by Gasteiger charge is 2.41. The van der Waals surface area contributed by atoms with Gasteiger partial charge in [-0.3, -0.25) is 4.79 Å². The Morgan fingerprint density at radius 3 is 2.28 bits per heavy atom. The number of benzene rings is 1. The fourth-order valence-electron chi connectivity index (χ4n) is 1.53. The van der Waals surface area contributed by atoms with Crippen LogP contribution in [0.1, 0.15) is 5.56 Å². The molecule has 0 aliphatic heterocycles. The maximum absolute atomic E-state index is 12.4. The van der Waals surface area contributed by atoms with Crippen molar-refractivity contribution in [1.82, 2.24) is 5.32 Å². The zero-order valence-electron chi connectivity index (χ0n) is 12.5. The Labute approximate surface area is 161 Å². The molecule has 1 aromatic carbocycles. The van der Waals surface area contributed by atoms with Crippen molar-refractivity contribution in [3.63, 3.8) is 0 Å². The Kier molecular flexibility index (Phi) is 8.67. The molecule has 0 fully saturated rings. The molecule has 11 heteroatoms. The Balaban J connectivity index is 2.66. The van der Waals surface area contributed by atoms with E-state index in [-0.39, 0.29) is 5.75 Å². The third-order valence-electron chi connectivity index (χ3n) is 2.62. The lowest BCUT2D eigenvalue weighted by Gasteiger charge is -2.19. The van der Waals surface area contributed by atoms with E-state index < -0.39 is 34.5 Å². The summed E-state index contributed by atoms with van der Waals surface area (Å²) in [4.78, 5) is 23.0. The van der Waals surface area contributed by atoms with Crippen LogP contribution in [0.3, 0.4) is 0 Å². The summed E-state index contributed by atoms with van der Waals surface area (Å²) in [5, 5.41) is 1.59. The van der Waals surface area contributed by atoms with Crippen LogP contribution in [0.25, 0.3) is 0 Å². The van der Waals surface area contributed by atoms with Gasteiger partial charge in [-0.05, 0) is 5.56 Å². The standard InChI is InChI=1S/C14H13Cl3F3NO3S/c15-13(16,17)8-24-11(22)10(21-12(23)14(18,19)20)7-25-6-9-4-2-1-3-5-9/h1-5,10H,6-8H2,(H,21,23)/t10-/m0/s1. The molecular weight excluding hydrogens is 426 g/mol. The number of carbonyl (C=O) groups is 2. The number of rotatable bonds is 7. The van der Waals surface area contributed by atoms with Crippen molar-refractivity contribution in [2.75, 3.05) is 12.4 Å². The predicted octanol–water partition coefficient (Wildman–Crippen LogP) is 3.88. The second-order valence-electron chi connectivity index (χ2n) is 4.75. The number of carbonyl (C=O) groups excluding carboxylic acids is 2. The highest BCUT2D eigenvalue weighted by Crippen LogP contribution is 2.26. The summed E-state index contributed by atoms with van der Waals surface area (Å²) >= 11 is 17.4. The van der Waals surface area contributed by atoms with E-state index in [4.69, 9.17) is 34.8 Å². The first-order valence-electron chi connectivity index (χ1n) is 6.72. The average Bonchev–Trinajstić information content (AvgIpc) is 2.51. The number of ether oxygens (including phenoxy) is 1. The lowest BCUT2D eigenvalue weighted by Crippen LogP contribution is -2.49. The Morgan fingerprint density at radius 2 is 1.76 bits per heavy atom. The number of hydrogen-bond acceptors (Lipinski definition) is 4. The molecule has 1 aromatic rings. The third-order valence-corrected chi connectivity index (χ3v) is 4.06. The van der Waals surface area contributed by atoms with Crippen LogP contribution in [0, 0.1) is 0 Å². The van der Waals surface area contributed by atoms with Crippen LogP contribution in [-0.2, 0) is 20.1 Å². The number of halogens is 6. The molecule has 0 heterocycles. The molecule has 0 unspecified atom stereocenters. The van der Waals surface area contributed by atoms with Crippen molar-refractivity contribution in [3.8, 4) is 0 Å². The van der Waals surface area contributed by atoms with Crippen molar-refractivity contribution in [2.45, 2.75) is 21.8 Å². The van der Waals surface area contributed by atoms with Gasteiger partial charge in [-0.15, -0.1) is 0 Å². The molecule has 0 aliphatic rings. The van der Waals surface area contributed by atoms with Crippen LogP contribution < -0.4 is 5.32 Å². The number of alkyl halides is 6. The normalized spacial score (nSPS) is 13.2. The fraction of sp³-hybridized carbons (Fsp3) is 0.429. The third kappa shape index (κ3) is 9.44. The summed E-state index contributed by atoms with van der Waals surface area (Å²) in [6.07, 6.45) is -5.13. The minimum atomic E-state index is -5.13. The van der Waals surface area contributed by atoms with E-state index in [2.05, 4.69) is 4.74 Å². The van der Waals surface area contributed by atoms with E-state index in [0.29, 0.717) is 5.75 Å². The van der Waals surface area contributed by atoms with Gasteiger partial charge in [0.05, 0.1) is 0 Å². The molecular formula is C14H13Cl3F3NO3S. The molecule has 1 N–H and O–H groups in total. The minimum Gasteiger partial charge on any atom is -0.460 e. The number of amides is 1. The van der Waals surface area contributed by atoms with Crippen molar-refractivity contribution < 1.29 is 27.5 Å². The molecule has 1 rings (SSSR count). The Morgan fingerprint density at radius 1 is 1.16 bits per heavy atom. The first-order chi connectivity index (χ1) is 11.5. The summed E-state index contributed by atoms with van der Waals surface area (Å²) in [7, 11) is 0. The molecule has 4 nitrogen and oxygen atoms in total. The molecule has 1 atom stereocenters. The topological polar surface area (TPSA) is 55.4 Å². The van der Waals surface area contributed by atoms with Crippen LogP contribution in [0.4, 0.5) is 13.2 Å². The van der Waals surface area contributed by atoms with Gasteiger partial charge in [0.15, 0.2) is 0 Å². The smallest absolute Gasteiger partial charge is 0.460 e. The van der Waals surface area contributed by atoms with Crippen LogP contribution in [-0.4, -0.2) is 40.2 Å². The number of nitrogens with one attached hydrogen (secondary N) is 1. The van der Waals surface area contributed by atoms with Gasteiger partial charge in [-0.1, -0.05) is 65.1 Å². The van der Waals surface area contributed by atoms with Gasteiger partial charge in [-0.25, -0.2) is 4.79 Å². The van der Waals surface area contributed by atoms with E-state index in [1.807, 2.05) is 18.2 Å². The molecule has 0 saturated carbocycles. The minimum absolute atomic E-state index is 0.143. The van der Waals surface area contributed by atoms with Crippen molar-refractivity contribution in [1.29, 1.82) is 0 Å². The quantitative estimate of drug-likeness (QED) is 0.518. The molecule has 0 aliphatic carbocycles. The van der Waals surface area contributed by atoms with E-state index in [1.54, 1.807) is 17.4 Å². The second-order valence-corrected chi connectivity index (χ2v) is 8.29. The highest BCUT2D eigenvalue weighted by atomic mass is 35.6. The van der Waals surface area contributed by atoms with Crippen molar-refractivity contribution >= 4 is 58.4 Å². The average molecular weight is 439 g/mol. The summed E-state index contributed by atoms with van der Waals surface area (Å²) < 4.78 is 39.9. The summed E-state index contributed by atoms with van der Waals surface area (Å²) in [6, 6.07) is 7.52. The maximum Gasteiger partial charge on any atom is 0.471 e. The largest absolute Gasteiger partial charge is 0.471 e. The highest BCUT2D eigenvalue weighted by molar-refractivity contribution is 7.98. The lowest BCUT2D eigenvalue weighted by molar-refractivity contribution is -0.175. The molecule has 0 saturated heterocycles. The maximum atomic E-state index is 12.4. The van der Waals surface area contributed by atoms with E-state index >= 15 is 0 Å². The fourth-order valence-corrected chi connectivity index (χ4v) is 2.70. The van der Waals surface area contributed by atoms with E-state index in [1.165, 1.54) is 0 Å². The Hall–Kier alpha value is -0.830. The van der Waals surface area contributed by atoms with Gasteiger partial charge in [0.1, 0.15) is 12.6 Å². The van der Waals surface area contributed by atoms with Crippen molar-refractivity contribution in [3.05, 3.63) is 35.9 Å². The van der Waals surface area contributed by atoms with E-state index in [9.17, 15) is 22.8 Å². The molecule has 140 valence electrons. The van der Waals surface area contributed by atoms with Gasteiger partial charge in [0, 0.05) is 11.5 Å². The SMILES string of the molecule is O=C(OCC(Cl)(Cl)Cl)[C@H](CSCc1ccccc1)NC(=O)C(F)(F)F. The van der Waals surface area contributed by atoms with Crippen molar-refractivity contribution in [2.24, 2.45) is 0 Å². The zero-order chi connectivity index (χ0) is 19.1. The molecule has 1 amide bonds. The van der Waals surface area contributed by atoms with Crippen LogP contribution in [0.15, 0.2) is 30.3 Å². The molecule has 0 aromatic heterocycles.